The van der Waals surface area contributed by atoms with Crippen molar-refractivity contribution >= 4 is 21.4 Å². The number of hydrogen-bond donors (Lipinski definition) is 2. The van der Waals surface area contributed by atoms with Gasteiger partial charge in [-0.2, -0.15) is 0 Å². The summed E-state index contributed by atoms with van der Waals surface area (Å²) in [5.41, 5.74) is 1.55. The zero-order valence-electron chi connectivity index (χ0n) is 11.6. The number of para-hydroxylation sites is 1. The quantitative estimate of drug-likeness (QED) is 0.855. The van der Waals surface area contributed by atoms with Gasteiger partial charge in [-0.1, -0.05) is 18.2 Å². The molecule has 0 aromatic heterocycles. The van der Waals surface area contributed by atoms with Gasteiger partial charge in [0.05, 0.1) is 0 Å². The first-order valence-corrected chi connectivity index (χ1v) is 7.98. The molecule has 0 bridgehead atoms. The molecule has 1 rings (SSSR count). The van der Waals surface area contributed by atoms with Crippen LogP contribution in [0.5, 0.6) is 0 Å². The Bertz CT molecular complexity index is 555. The van der Waals surface area contributed by atoms with E-state index in [2.05, 4.69) is 10.6 Å². The lowest BCUT2D eigenvalue weighted by Crippen LogP contribution is -2.32. The van der Waals surface area contributed by atoms with Crippen LogP contribution >= 0.6 is 0 Å². The van der Waals surface area contributed by atoms with Crippen LogP contribution in [0.4, 0.5) is 5.69 Å². The highest BCUT2D eigenvalue weighted by Gasteiger charge is 2.24. The van der Waals surface area contributed by atoms with Crippen molar-refractivity contribution in [1.29, 1.82) is 0 Å². The topological polar surface area (TPSA) is 75.3 Å². The van der Waals surface area contributed by atoms with E-state index in [0.29, 0.717) is 5.69 Å². The summed E-state index contributed by atoms with van der Waals surface area (Å²) in [5, 5.41) is 4.69. The molecule has 0 aliphatic rings. The van der Waals surface area contributed by atoms with Gasteiger partial charge in [-0.05, 0) is 32.5 Å². The monoisotopic (exact) mass is 284 g/mol. The van der Waals surface area contributed by atoms with Gasteiger partial charge in [0.25, 0.3) is 0 Å². The van der Waals surface area contributed by atoms with Crippen LogP contribution in [0.1, 0.15) is 25.5 Å². The molecule has 0 saturated heterocycles. The van der Waals surface area contributed by atoms with Gasteiger partial charge in [0, 0.05) is 18.0 Å². The molecule has 0 aliphatic carbocycles. The van der Waals surface area contributed by atoms with Crippen molar-refractivity contribution in [3.8, 4) is 0 Å². The third kappa shape index (κ3) is 4.04. The fourth-order valence-corrected chi connectivity index (χ4v) is 2.02. The first-order chi connectivity index (χ1) is 8.77. The number of carbonyl (C=O) groups is 1. The van der Waals surface area contributed by atoms with Gasteiger partial charge < -0.3 is 10.6 Å². The van der Waals surface area contributed by atoms with Gasteiger partial charge in [0.1, 0.15) is 5.25 Å². The minimum Gasteiger partial charge on any atom is -0.325 e. The Kier molecular flexibility index (Phi) is 5.08. The summed E-state index contributed by atoms with van der Waals surface area (Å²) in [7, 11) is -1.57. The largest absolute Gasteiger partial charge is 0.325 e. The number of nitrogens with one attached hydrogen (secondary N) is 2. The summed E-state index contributed by atoms with van der Waals surface area (Å²) in [6, 6.07) is 7.38. The third-order valence-corrected chi connectivity index (χ3v) is 4.63. The zero-order valence-corrected chi connectivity index (χ0v) is 12.4. The van der Waals surface area contributed by atoms with Crippen LogP contribution in [0.25, 0.3) is 0 Å². The Morgan fingerprint density at radius 2 is 1.79 bits per heavy atom. The number of carbonyl (C=O) groups excluding carboxylic acids is 1. The molecule has 0 radical (unpaired) electrons. The molecule has 106 valence electrons. The molecule has 1 aromatic carbocycles. The average molecular weight is 284 g/mol. The number of amides is 1. The van der Waals surface area contributed by atoms with E-state index in [0.717, 1.165) is 11.8 Å². The van der Waals surface area contributed by atoms with E-state index >= 15 is 0 Å². The predicted octanol–water partition coefficient (Wildman–Crippen LogP) is 1.34. The SMILES string of the molecule is CNC(C)c1ccccc1NC(=O)C(C)S(C)(=O)=O. The zero-order chi connectivity index (χ0) is 14.6. The van der Waals surface area contributed by atoms with E-state index in [-0.39, 0.29) is 6.04 Å². The highest BCUT2D eigenvalue weighted by molar-refractivity contribution is 7.92. The first-order valence-electron chi connectivity index (χ1n) is 6.03. The standard InChI is InChI=1S/C13H20N2O3S/c1-9(14-3)11-7-5-6-8-12(11)15-13(16)10(2)19(4,17)18/h5-10,14H,1-4H3,(H,15,16). The lowest BCUT2D eigenvalue weighted by molar-refractivity contribution is -0.115. The minimum absolute atomic E-state index is 0.0602. The predicted molar refractivity (Wildman–Crippen MR) is 76.9 cm³/mol. The second-order valence-electron chi connectivity index (χ2n) is 4.56. The van der Waals surface area contributed by atoms with Gasteiger partial charge in [-0.15, -0.1) is 0 Å². The molecule has 1 aromatic rings. The number of benzene rings is 1. The van der Waals surface area contributed by atoms with Crippen molar-refractivity contribution in [2.24, 2.45) is 0 Å². The smallest absolute Gasteiger partial charge is 0.242 e. The molecular weight excluding hydrogens is 264 g/mol. The Balaban J connectivity index is 2.98. The van der Waals surface area contributed by atoms with Crippen molar-refractivity contribution in [3.63, 3.8) is 0 Å². The van der Waals surface area contributed by atoms with E-state index in [9.17, 15) is 13.2 Å². The normalized spacial score (nSPS) is 14.7. The number of anilines is 1. The van der Waals surface area contributed by atoms with E-state index in [1.165, 1.54) is 6.92 Å². The van der Waals surface area contributed by atoms with Gasteiger partial charge in [0.15, 0.2) is 9.84 Å². The Labute approximate surface area is 114 Å². The molecule has 5 nitrogen and oxygen atoms in total. The van der Waals surface area contributed by atoms with Gasteiger partial charge in [-0.25, -0.2) is 8.42 Å². The Morgan fingerprint density at radius 1 is 1.21 bits per heavy atom. The molecule has 19 heavy (non-hydrogen) atoms. The van der Waals surface area contributed by atoms with Crippen LogP contribution in [0.3, 0.4) is 0 Å². The molecule has 1 amide bonds. The van der Waals surface area contributed by atoms with E-state index < -0.39 is 21.0 Å². The highest BCUT2D eigenvalue weighted by atomic mass is 32.2. The maximum Gasteiger partial charge on any atom is 0.242 e. The molecule has 0 saturated carbocycles. The Morgan fingerprint density at radius 3 is 2.32 bits per heavy atom. The molecule has 0 heterocycles. The van der Waals surface area contributed by atoms with Crippen LogP contribution < -0.4 is 10.6 Å². The molecule has 2 unspecified atom stereocenters. The maximum absolute atomic E-state index is 11.9. The van der Waals surface area contributed by atoms with Gasteiger partial charge in [-0.3, -0.25) is 4.79 Å². The lowest BCUT2D eigenvalue weighted by atomic mass is 10.1. The molecule has 2 atom stereocenters. The molecule has 6 heteroatoms. The van der Waals surface area contributed by atoms with Crippen molar-refractivity contribution in [1.82, 2.24) is 5.32 Å². The Hall–Kier alpha value is -1.40. The van der Waals surface area contributed by atoms with E-state index in [1.54, 1.807) is 12.1 Å². The second kappa shape index (κ2) is 6.16. The highest BCUT2D eigenvalue weighted by Crippen LogP contribution is 2.22. The van der Waals surface area contributed by atoms with Crippen LogP contribution in [-0.2, 0) is 14.6 Å². The van der Waals surface area contributed by atoms with Crippen molar-refractivity contribution in [2.45, 2.75) is 25.1 Å². The maximum atomic E-state index is 11.9. The molecular formula is C13H20N2O3S. The van der Waals surface area contributed by atoms with Crippen molar-refractivity contribution in [3.05, 3.63) is 29.8 Å². The van der Waals surface area contributed by atoms with Crippen LogP contribution in [-0.4, -0.2) is 32.9 Å². The summed E-state index contributed by atoms with van der Waals surface area (Å²) in [6.07, 6.45) is 1.05. The minimum atomic E-state index is -3.39. The van der Waals surface area contributed by atoms with Crippen molar-refractivity contribution in [2.75, 3.05) is 18.6 Å². The lowest BCUT2D eigenvalue weighted by Gasteiger charge is -2.17. The average Bonchev–Trinajstić information content (AvgIpc) is 2.36. The summed E-state index contributed by atoms with van der Waals surface area (Å²) in [6.45, 7) is 3.35. The van der Waals surface area contributed by atoms with Crippen LogP contribution in [0.2, 0.25) is 0 Å². The first kappa shape index (κ1) is 15.7. The fourth-order valence-electron chi connectivity index (χ4n) is 1.57. The number of rotatable bonds is 5. The van der Waals surface area contributed by atoms with E-state index in [4.69, 9.17) is 0 Å². The summed E-state index contributed by atoms with van der Waals surface area (Å²) < 4.78 is 22.7. The molecule has 0 aliphatic heterocycles. The molecule has 0 fully saturated rings. The molecule has 2 N–H and O–H groups in total. The summed E-state index contributed by atoms with van der Waals surface area (Å²) >= 11 is 0. The van der Waals surface area contributed by atoms with Gasteiger partial charge >= 0.3 is 0 Å². The molecule has 0 spiro atoms. The van der Waals surface area contributed by atoms with E-state index in [1.807, 2.05) is 26.1 Å². The summed E-state index contributed by atoms with van der Waals surface area (Å²) in [5.74, 6) is -0.516. The fraction of sp³-hybridized carbons (Fsp3) is 0.462. The van der Waals surface area contributed by atoms with Crippen LogP contribution in [0.15, 0.2) is 24.3 Å². The van der Waals surface area contributed by atoms with Crippen LogP contribution in [0, 0.1) is 0 Å². The summed E-state index contributed by atoms with van der Waals surface area (Å²) in [4.78, 5) is 11.9. The van der Waals surface area contributed by atoms with Gasteiger partial charge in [0.2, 0.25) is 5.91 Å². The van der Waals surface area contributed by atoms with Crippen molar-refractivity contribution < 1.29 is 13.2 Å². The number of sulfone groups is 1. The number of hydrogen-bond acceptors (Lipinski definition) is 4. The third-order valence-electron chi connectivity index (χ3n) is 3.13. The second-order valence-corrected chi connectivity index (χ2v) is 6.92.